The van der Waals surface area contributed by atoms with Gasteiger partial charge >= 0.3 is 0 Å². The second kappa shape index (κ2) is 7.59. The summed E-state index contributed by atoms with van der Waals surface area (Å²) in [7, 11) is 1.72. The summed E-state index contributed by atoms with van der Waals surface area (Å²) in [4.78, 5) is 5.05. The van der Waals surface area contributed by atoms with Crippen LogP contribution in [0.15, 0.2) is 24.3 Å². The van der Waals surface area contributed by atoms with Crippen molar-refractivity contribution in [3.8, 4) is 5.75 Å². The van der Waals surface area contributed by atoms with Crippen molar-refractivity contribution in [2.24, 2.45) is 0 Å². The lowest BCUT2D eigenvalue weighted by Gasteiger charge is -2.40. The quantitative estimate of drug-likeness (QED) is 0.831. The summed E-state index contributed by atoms with van der Waals surface area (Å²) in [6, 6.07) is 9.16. The van der Waals surface area contributed by atoms with E-state index in [1.54, 1.807) is 18.4 Å². The zero-order chi connectivity index (χ0) is 17.1. The highest BCUT2D eigenvalue weighted by molar-refractivity contribution is 7.11. The summed E-state index contributed by atoms with van der Waals surface area (Å²) in [5, 5.41) is 10.6. The van der Waals surface area contributed by atoms with Crippen LogP contribution in [0.4, 0.5) is 0 Å². The van der Waals surface area contributed by atoms with E-state index in [2.05, 4.69) is 52.0 Å². The van der Waals surface area contributed by atoms with E-state index in [4.69, 9.17) is 4.74 Å². The zero-order valence-electron chi connectivity index (χ0n) is 14.9. The monoisotopic (exact) mass is 346 g/mol. The molecule has 0 bridgehead atoms. The lowest BCUT2D eigenvalue weighted by Crippen LogP contribution is -2.47. The van der Waals surface area contributed by atoms with Crippen LogP contribution < -0.4 is 4.74 Å². The summed E-state index contributed by atoms with van der Waals surface area (Å²) in [6.45, 7) is 10.8. The number of hydrogen-bond acceptors (Lipinski definition) is 6. The predicted octanol–water partition coefficient (Wildman–Crippen LogP) is 3.29. The van der Waals surface area contributed by atoms with Crippen LogP contribution in [-0.4, -0.2) is 53.3 Å². The third kappa shape index (κ3) is 3.77. The molecule has 0 N–H and O–H groups in total. The Labute approximate surface area is 148 Å². The van der Waals surface area contributed by atoms with E-state index in [0.717, 1.165) is 41.9 Å². The summed E-state index contributed by atoms with van der Waals surface area (Å²) in [6.07, 6.45) is 0. The first-order chi connectivity index (χ1) is 11.6. The summed E-state index contributed by atoms with van der Waals surface area (Å²) in [5.41, 5.74) is 1.32. The van der Waals surface area contributed by atoms with Crippen molar-refractivity contribution in [1.82, 2.24) is 20.0 Å². The smallest absolute Gasteiger partial charge is 0.134 e. The lowest BCUT2D eigenvalue weighted by atomic mass is 10.1. The molecule has 1 aliphatic heterocycles. The second-order valence-corrected chi connectivity index (χ2v) is 7.57. The topological polar surface area (TPSA) is 41.5 Å². The fourth-order valence-electron chi connectivity index (χ4n) is 3.26. The summed E-state index contributed by atoms with van der Waals surface area (Å²) in [5.74, 6) is 0.929. The van der Waals surface area contributed by atoms with Gasteiger partial charge in [-0.1, -0.05) is 12.1 Å². The molecular weight excluding hydrogens is 320 g/mol. The number of methoxy groups -OCH3 is 1. The molecule has 0 saturated carbocycles. The molecule has 2 aromatic rings. The number of piperazine rings is 1. The standard InChI is InChI=1S/C18H26N4OS/c1-13(16-6-5-7-17(12-16)23-4)21-8-10-22(11-9-21)14(2)18-20-19-15(3)24-18/h5-7,12-14H,8-11H2,1-4H3/t13-,14+/m0/s1. The molecule has 1 fully saturated rings. The lowest BCUT2D eigenvalue weighted by molar-refractivity contribution is 0.0779. The normalized spacial score (nSPS) is 19.2. The molecule has 0 unspecified atom stereocenters. The zero-order valence-corrected chi connectivity index (χ0v) is 15.7. The summed E-state index contributed by atoms with van der Waals surface area (Å²) >= 11 is 1.71. The number of hydrogen-bond donors (Lipinski definition) is 0. The Bertz CT molecular complexity index is 667. The average Bonchev–Trinajstić information content (AvgIpc) is 3.07. The van der Waals surface area contributed by atoms with Crippen LogP contribution >= 0.6 is 11.3 Å². The van der Waals surface area contributed by atoms with Crippen molar-refractivity contribution >= 4 is 11.3 Å². The van der Waals surface area contributed by atoms with Gasteiger partial charge in [0.1, 0.15) is 15.8 Å². The van der Waals surface area contributed by atoms with Gasteiger partial charge in [-0.3, -0.25) is 9.80 Å². The first-order valence-corrected chi connectivity index (χ1v) is 9.32. The molecule has 1 aliphatic rings. The van der Waals surface area contributed by atoms with Gasteiger partial charge in [-0.25, -0.2) is 0 Å². The third-order valence-corrected chi connectivity index (χ3v) is 5.93. The highest BCUT2D eigenvalue weighted by atomic mass is 32.1. The van der Waals surface area contributed by atoms with Gasteiger partial charge in [-0.2, -0.15) is 0 Å². The van der Waals surface area contributed by atoms with Gasteiger partial charge < -0.3 is 4.74 Å². The minimum atomic E-state index is 0.352. The Kier molecular flexibility index (Phi) is 5.48. The van der Waals surface area contributed by atoms with Gasteiger partial charge in [0.25, 0.3) is 0 Å². The number of nitrogens with zero attached hydrogens (tertiary/aromatic N) is 4. The van der Waals surface area contributed by atoms with E-state index in [1.807, 2.05) is 13.0 Å². The van der Waals surface area contributed by atoms with Gasteiger partial charge in [0.05, 0.1) is 13.2 Å². The maximum Gasteiger partial charge on any atom is 0.134 e. The number of aryl methyl sites for hydroxylation is 1. The molecule has 2 atom stereocenters. The van der Waals surface area contributed by atoms with Crippen molar-refractivity contribution in [1.29, 1.82) is 0 Å². The minimum absolute atomic E-state index is 0.352. The van der Waals surface area contributed by atoms with Crippen molar-refractivity contribution in [3.63, 3.8) is 0 Å². The summed E-state index contributed by atoms with van der Waals surface area (Å²) < 4.78 is 5.35. The largest absolute Gasteiger partial charge is 0.497 e. The molecule has 0 aliphatic carbocycles. The Hall–Kier alpha value is -1.50. The fourth-order valence-corrected chi connectivity index (χ4v) is 4.05. The van der Waals surface area contributed by atoms with Gasteiger partial charge in [-0.15, -0.1) is 21.5 Å². The van der Waals surface area contributed by atoms with Crippen LogP contribution in [0.25, 0.3) is 0 Å². The number of aromatic nitrogens is 2. The van der Waals surface area contributed by atoms with Crippen LogP contribution in [0.3, 0.4) is 0 Å². The van der Waals surface area contributed by atoms with E-state index in [1.165, 1.54) is 5.56 Å². The van der Waals surface area contributed by atoms with Gasteiger partial charge in [0.15, 0.2) is 0 Å². The van der Waals surface area contributed by atoms with Crippen LogP contribution in [0.1, 0.15) is 41.5 Å². The predicted molar refractivity (Wildman–Crippen MR) is 97.6 cm³/mol. The molecule has 3 rings (SSSR count). The Morgan fingerprint density at radius 2 is 1.71 bits per heavy atom. The molecular formula is C18H26N4OS. The number of rotatable bonds is 5. The maximum atomic E-state index is 5.35. The van der Waals surface area contributed by atoms with E-state index in [9.17, 15) is 0 Å². The van der Waals surface area contributed by atoms with Crippen LogP contribution in [-0.2, 0) is 0 Å². The van der Waals surface area contributed by atoms with Gasteiger partial charge in [-0.05, 0) is 38.5 Å². The Balaban J connectivity index is 1.60. The Morgan fingerprint density at radius 3 is 2.29 bits per heavy atom. The molecule has 5 nitrogen and oxygen atoms in total. The van der Waals surface area contributed by atoms with E-state index < -0.39 is 0 Å². The number of ether oxygens (including phenoxy) is 1. The van der Waals surface area contributed by atoms with Crippen LogP contribution in [0.5, 0.6) is 5.75 Å². The molecule has 1 aromatic carbocycles. The molecule has 2 heterocycles. The molecule has 1 saturated heterocycles. The SMILES string of the molecule is COc1cccc([C@H](C)N2CCN([C@H](C)c3nnc(C)s3)CC2)c1. The number of benzene rings is 1. The first kappa shape index (κ1) is 17.3. The van der Waals surface area contributed by atoms with E-state index >= 15 is 0 Å². The Morgan fingerprint density at radius 1 is 1.04 bits per heavy atom. The van der Waals surface area contributed by atoms with Gasteiger partial charge in [0.2, 0.25) is 0 Å². The highest BCUT2D eigenvalue weighted by Crippen LogP contribution is 2.28. The molecule has 24 heavy (non-hydrogen) atoms. The molecule has 6 heteroatoms. The maximum absolute atomic E-state index is 5.35. The van der Waals surface area contributed by atoms with Crippen molar-refractivity contribution in [3.05, 3.63) is 39.8 Å². The highest BCUT2D eigenvalue weighted by Gasteiger charge is 2.26. The van der Waals surface area contributed by atoms with E-state index in [-0.39, 0.29) is 0 Å². The van der Waals surface area contributed by atoms with Crippen molar-refractivity contribution in [2.75, 3.05) is 33.3 Å². The van der Waals surface area contributed by atoms with Crippen molar-refractivity contribution < 1.29 is 4.74 Å². The molecule has 0 spiro atoms. The van der Waals surface area contributed by atoms with Gasteiger partial charge in [0, 0.05) is 32.2 Å². The second-order valence-electron chi connectivity index (χ2n) is 6.36. The van der Waals surface area contributed by atoms with Crippen LogP contribution in [0.2, 0.25) is 0 Å². The first-order valence-electron chi connectivity index (χ1n) is 8.50. The molecule has 0 radical (unpaired) electrons. The van der Waals surface area contributed by atoms with Crippen molar-refractivity contribution in [2.45, 2.75) is 32.9 Å². The third-order valence-electron chi connectivity index (χ3n) is 4.92. The average molecular weight is 347 g/mol. The molecule has 130 valence electrons. The molecule has 0 amide bonds. The van der Waals surface area contributed by atoms with Crippen LogP contribution in [0, 0.1) is 6.92 Å². The molecule has 1 aromatic heterocycles. The fraction of sp³-hybridized carbons (Fsp3) is 0.556. The minimum Gasteiger partial charge on any atom is -0.497 e. The van der Waals surface area contributed by atoms with E-state index in [0.29, 0.717) is 12.1 Å².